The second kappa shape index (κ2) is 7.31. The number of amides is 3. The van der Waals surface area contributed by atoms with Crippen molar-refractivity contribution < 1.29 is 9.59 Å². The fourth-order valence-electron chi connectivity index (χ4n) is 2.41. The number of nitrogens with two attached hydrogens (primary N) is 1. The topological polar surface area (TPSA) is 102 Å². The first-order chi connectivity index (χ1) is 12.1. The molecule has 7 nitrogen and oxygen atoms in total. The molecule has 0 aliphatic rings. The van der Waals surface area contributed by atoms with E-state index < -0.39 is 11.9 Å². The van der Waals surface area contributed by atoms with Gasteiger partial charge in [-0.2, -0.15) is 5.10 Å². The number of para-hydroxylation sites is 1. The number of hydrogen-bond donors (Lipinski definition) is 3. The van der Waals surface area contributed by atoms with Gasteiger partial charge in [0.05, 0.1) is 5.69 Å². The van der Waals surface area contributed by atoms with Crippen LogP contribution in [0.3, 0.4) is 0 Å². The van der Waals surface area contributed by atoms with Crippen LogP contribution in [0.1, 0.15) is 0 Å². The molecule has 0 saturated heterocycles. The summed E-state index contributed by atoms with van der Waals surface area (Å²) in [4.78, 5) is 23.1. The molecule has 0 radical (unpaired) electrons. The highest BCUT2D eigenvalue weighted by Gasteiger charge is 2.10. The quantitative estimate of drug-likeness (QED) is 0.668. The molecule has 0 bridgehead atoms. The van der Waals surface area contributed by atoms with Gasteiger partial charge in [-0.3, -0.25) is 14.8 Å². The average Bonchev–Trinajstić information content (AvgIpc) is 3.02. The van der Waals surface area contributed by atoms with Gasteiger partial charge in [0, 0.05) is 17.8 Å². The minimum atomic E-state index is -0.504. The minimum absolute atomic E-state index is 0.0415. The number of primary amides is 1. The maximum absolute atomic E-state index is 12.2. The number of nitrogens with one attached hydrogen (secondary N) is 2. The Morgan fingerprint density at radius 2 is 1.68 bits per heavy atom. The molecule has 4 N–H and O–H groups in total. The van der Waals surface area contributed by atoms with Crippen molar-refractivity contribution in [2.45, 2.75) is 6.54 Å². The van der Waals surface area contributed by atoms with E-state index in [1.165, 1.54) is 4.68 Å². The average molecular weight is 335 g/mol. The van der Waals surface area contributed by atoms with E-state index in [0.29, 0.717) is 11.5 Å². The highest BCUT2D eigenvalue weighted by atomic mass is 16.2. The molecule has 0 fully saturated rings. The largest absolute Gasteiger partial charge is 0.368 e. The van der Waals surface area contributed by atoms with Gasteiger partial charge in [0.2, 0.25) is 5.91 Å². The number of anilines is 2. The molecule has 0 atom stereocenters. The van der Waals surface area contributed by atoms with Crippen LogP contribution in [0, 0.1) is 0 Å². The predicted octanol–water partition coefficient (Wildman–Crippen LogP) is 2.68. The van der Waals surface area contributed by atoms with Crippen LogP contribution in [0.4, 0.5) is 16.3 Å². The molecular formula is C18H17N5O2. The van der Waals surface area contributed by atoms with Crippen molar-refractivity contribution in [2.24, 2.45) is 5.73 Å². The summed E-state index contributed by atoms with van der Waals surface area (Å²) in [6.07, 6.45) is 1.57. The van der Waals surface area contributed by atoms with Gasteiger partial charge < -0.3 is 11.1 Å². The molecule has 3 rings (SSSR count). The lowest BCUT2D eigenvalue weighted by Gasteiger charge is -2.11. The molecule has 0 saturated carbocycles. The highest BCUT2D eigenvalue weighted by molar-refractivity contribution is 6.01. The zero-order valence-corrected chi connectivity index (χ0v) is 13.3. The number of hydrogen-bond acceptors (Lipinski definition) is 3. The van der Waals surface area contributed by atoms with Crippen molar-refractivity contribution in [2.75, 3.05) is 10.6 Å². The van der Waals surface area contributed by atoms with Gasteiger partial charge in [0.25, 0.3) is 0 Å². The number of nitrogens with zero attached hydrogens (tertiary/aromatic N) is 2. The van der Waals surface area contributed by atoms with E-state index in [4.69, 9.17) is 5.73 Å². The summed E-state index contributed by atoms with van der Waals surface area (Å²) in [5.74, 6) is -0.174. The van der Waals surface area contributed by atoms with Crippen molar-refractivity contribution >= 4 is 23.4 Å². The Kier molecular flexibility index (Phi) is 4.75. The number of rotatable bonds is 5. The van der Waals surface area contributed by atoms with E-state index in [-0.39, 0.29) is 6.54 Å². The van der Waals surface area contributed by atoms with Crippen molar-refractivity contribution in [1.82, 2.24) is 9.78 Å². The molecule has 3 amide bonds. The third-order valence-corrected chi connectivity index (χ3v) is 3.46. The fourth-order valence-corrected chi connectivity index (χ4v) is 2.41. The first kappa shape index (κ1) is 16.3. The normalized spacial score (nSPS) is 10.2. The van der Waals surface area contributed by atoms with Gasteiger partial charge in [-0.25, -0.2) is 4.79 Å². The second-order valence-corrected chi connectivity index (χ2v) is 5.36. The van der Waals surface area contributed by atoms with Crippen LogP contribution in [0.5, 0.6) is 0 Å². The molecule has 2 aromatic carbocycles. The lowest BCUT2D eigenvalue weighted by molar-refractivity contribution is -0.118. The molecule has 126 valence electrons. The number of aromatic nitrogens is 2. The van der Waals surface area contributed by atoms with E-state index in [1.54, 1.807) is 12.3 Å². The maximum atomic E-state index is 12.2. The second-order valence-electron chi connectivity index (χ2n) is 5.36. The third kappa shape index (κ3) is 4.23. The van der Waals surface area contributed by atoms with Gasteiger partial charge in [0.1, 0.15) is 6.54 Å². The van der Waals surface area contributed by atoms with E-state index >= 15 is 0 Å². The molecule has 1 aromatic heterocycles. The molecule has 7 heteroatoms. The van der Waals surface area contributed by atoms with Crippen molar-refractivity contribution in [3.63, 3.8) is 0 Å². The number of benzene rings is 2. The molecule has 0 spiro atoms. The monoisotopic (exact) mass is 335 g/mol. The molecule has 1 heterocycles. The molecule has 25 heavy (non-hydrogen) atoms. The van der Waals surface area contributed by atoms with Gasteiger partial charge >= 0.3 is 6.03 Å². The Balaban J connectivity index is 1.71. The van der Waals surface area contributed by atoms with Crippen LogP contribution in [-0.4, -0.2) is 21.7 Å². The lowest BCUT2D eigenvalue weighted by atomic mass is 10.0. The Hall–Kier alpha value is -3.61. The summed E-state index contributed by atoms with van der Waals surface area (Å²) >= 11 is 0. The third-order valence-electron chi connectivity index (χ3n) is 3.46. The van der Waals surface area contributed by atoms with Crippen LogP contribution in [0.2, 0.25) is 0 Å². The fraction of sp³-hybridized carbons (Fsp3) is 0.0556. The Labute approximate surface area is 144 Å². The Morgan fingerprint density at radius 1 is 0.960 bits per heavy atom. The first-order valence-electron chi connectivity index (χ1n) is 7.66. The number of carbonyl (C=O) groups is 2. The number of carbonyl (C=O) groups excluding carboxylic acids is 2. The predicted molar refractivity (Wildman–Crippen MR) is 95.9 cm³/mol. The van der Waals surface area contributed by atoms with Crippen LogP contribution < -0.4 is 16.4 Å². The van der Waals surface area contributed by atoms with Crippen LogP contribution in [-0.2, 0) is 11.3 Å². The van der Waals surface area contributed by atoms with Gasteiger partial charge in [-0.05, 0) is 11.6 Å². The number of urea groups is 1. The van der Waals surface area contributed by atoms with Gasteiger partial charge in [-0.1, -0.05) is 48.5 Å². The van der Waals surface area contributed by atoms with Gasteiger partial charge in [0.15, 0.2) is 5.82 Å². The summed E-state index contributed by atoms with van der Waals surface area (Å²) in [7, 11) is 0. The molecule has 0 unspecified atom stereocenters. The zero-order valence-electron chi connectivity index (χ0n) is 13.3. The van der Waals surface area contributed by atoms with E-state index in [1.807, 2.05) is 54.6 Å². The first-order valence-corrected chi connectivity index (χ1v) is 7.66. The lowest BCUT2D eigenvalue weighted by Crippen LogP contribution is -2.21. The minimum Gasteiger partial charge on any atom is -0.368 e. The molecule has 0 aliphatic heterocycles. The van der Waals surface area contributed by atoms with E-state index in [9.17, 15) is 9.59 Å². The van der Waals surface area contributed by atoms with E-state index in [0.717, 1.165) is 11.1 Å². The molecule has 0 aliphatic carbocycles. The van der Waals surface area contributed by atoms with Crippen LogP contribution in [0.15, 0.2) is 66.9 Å². The summed E-state index contributed by atoms with van der Waals surface area (Å²) in [5, 5.41) is 9.50. The molecular weight excluding hydrogens is 318 g/mol. The Morgan fingerprint density at radius 3 is 2.44 bits per heavy atom. The summed E-state index contributed by atoms with van der Waals surface area (Å²) in [6.45, 7) is -0.0415. The maximum Gasteiger partial charge on any atom is 0.324 e. The standard InChI is InChI=1S/C18H17N5O2/c19-16(24)12-23-11-10-17(22-23)21-18(25)20-15-9-5-4-8-14(15)13-6-2-1-3-7-13/h1-11H,12H2,(H2,19,24)(H2,20,21,22,25). The zero-order chi connectivity index (χ0) is 17.6. The SMILES string of the molecule is NC(=O)Cn1ccc(NC(=O)Nc2ccccc2-c2ccccc2)n1. The van der Waals surface area contributed by atoms with Crippen LogP contribution in [0.25, 0.3) is 11.1 Å². The van der Waals surface area contributed by atoms with E-state index in [2.05, 4.69) is 15.7 Å². The van der Waals surface area contributed by atoms with Crippen molar-refractivity contribution in [1.29, 1.82) is 0 Å². The molecule has 3 aromatic rings. The summed E-state index contributed by atoms with van der Waals surface area (Å²) in [5.41, 5.74) is 7.71. The highest BCUT2D eigenvalue weighted by Crippen LogP contribution is 2.27. The summed E-state index contributed by atoms with van der Waals surface area (Å²) in [6, 6.07) is 18.5. The van der Waals surface area contributed by atoms with Crippen LogP contribution >= 0.6 is 0 Å². The smallest absolute Gasteiger partial charge is 0.324 e. The van der Waals surface area contributed by atoms with Gasteiger partial charge in [-0.15, -0.1) is 0 Å². The summed E-state index contributed by atoms with van der Waals surface area (Å²) < 4.78 is 1.36. The Bertz CT molecular complexity index is 889. The van der Waals surface area contributed by atoms with Crippen molar-refractivity contribution in [3.05, 3.63) is 66.9 Å². The van der Waals surface area contributed by atoms with Crippen molar-refractivity contribution in [3.8, 4) is 11.1 Å².